The molecule has 0 aliphatic carbocycles. The summed E-state index contributed by atoms with van der Waals surface area (Å²) >= 11 is 0. The van der Waals surface area contributed by atoms with Crippen molar-refractivity contribution in [2.24, 2.45) is 5.92 Å². The maximum absolute atomic E-state index is 12.4. The van der Waals surface area contributed by atoms with Gasteiger partial charge in [0.2, 0.25) is 0 Å². The lowest BCUT2D eigenvalue weighted by molar-refractivity contribution is 0.103. The maximum atomic E-state index is 12.4. The number of amides is 2. The zero-order valence-electron chi connectivity index (χ0n) is 14.5. The first-order chi connectivity index (χ1) is 12.0. The number of aliphatic hydroxyl groups excluding tert-OH is 1. The van der Waals surface area contributed by atoms with Crippen LogP contribution in [0.3, 0.4) is 0 Å². The number of urea groups is 1. The molecule has 0 saturated heterocycles. The van der Waals surface area contributed by atoms with Crippen LogP contribution in [0.1, 0.15) is 36.2 Å². The van der Waals surface area contributed by atoms with Gasteiger partial charge in [0.05, 0.1) is 6.10 Å². The average Bonchev–Trinajstić information content (AvgIpc) is 2.60. The fraction of sp³-hybridized carbons (Fsp3) is 0.300. The van der Waals surface area contributed by atoms with Crippen molar-refractivity contribution in [3.05, 3.63) is 65.7 Å². The first-order valence-electron chi connectivity index (χ1n) is 8.38. The fourth-order valence-corrected chi connectivity index (χ4v) is 2.60. The number of hydrogen-bond acceptors (Lipinski definition) is 3. The Bertz CT molecular complexity index is 714. The lowest BCUT2D eigenvalue weighted by Crippen LogP contribution is -2.33. The van der Waals surface area contributed by atoms with Crippen molar-refractivity contribution in [3.63, 3.8) is 0 Å². The molecule has 2 rings (SSSR count). The van der Waals surface area contributed by atoms with Crippen molar-refractivity contribution in [2.45, 2.75) is 26.4 Å². The normalized spacial score (nSPS) is 12.9. The molecule has 0 aliphatic rings. The van der Waals surface area contributed by atoms with Gasteiger partial charge in [0, 0.05) is 23.4 Å². The van der Waals surface area contributed by atoms with Crippen LogP contribution in [-0.2, 0) is 0 Å². The van der Waals surface area contributed by atoms with Crippen LogP contribution < -0.4 is 10.6 Å². The Labute approximate surface area is 148 Å². The summed E-state index contributed by atoms with van der Waals surface area (Å²) in [7, 11) is 0. The molecule has 2 aromatic carbocycles. The van der Waals surface area contributed by atoms with Crippen molar-refractivity contribution in [3.8, 4) is 0 Å². The number of ketones is 1. The predicted octanol–water partition coefficient (Wildman–Crippen LogP) is 3.45. The summed E-state index contributed by atoms with van der Waals surface area (Å²) in [6.07, 6.45) is 0.238. The summed E-state index contributed by atoms with van der Waals surface area (Å²) < 4.78 is 0. The highest BCUT2D eigenvalue weighted by Crippen LogP contribution is 2.15. The van der Waals surface area contributed by atoms with E-state index in [2.05, 4.69) is 10.6 Å². The molecule has 0 heterocycles. The largest absolute Gasteiger partial charge is 0.393 e. The van der Waals surface area contributed by atoms with Crippen LogP contribution >= 0.6 is 0 Å². The predicted molar refractivity (Wildman–Crippen MR) is 98.8 cm³/mol. The van der Waals surface area contributed by atoms with E-state index in [1.807, 2.05) is 25.1 Å². The van der Waals surface area contributed by atoms with Crippen LogP contribution in [0.5, 0.6) is 0 Å². The average molecular weight is 340 g/mol. The molecule has 0 aliphatic heterocycles. The highest BCUT2D eigenvalue weighted by atomic mass is 16.3. The summed E-state index contributed by atoms with van der Waals surface area (Å²) in [5.41, 5.74) is 1.69. The van der Waals surface area contributed by atoms with E-state index in [9.17, 15) is 14.7 Å². The number of aliphatic hydroxyl groups is 1. The van der Waals surface area contributed by atoms with Crippen molar-refractivity contribution >= 4 is 17.5 Å². The Kier molecular flexibility index (Phi) is 6.71. The van der Waals surface area contributed by atoms with E-state index in [4.69, 9.17) is 0 Å². The van der Waals surface area contributed by atoms with Crippen LogP contribution in [-0.4, -0.2) is 29.6 Å². The number of carbonyl (C=O) groups is 2. The number of benzene rings is 2. The zero-order chi connectivity index (χ0) is 18.2. The molecule has 3 N–H and O–H groups in total. The first-order valence-corrected chi connectivity index (χ1v) is 8.38. The molecular weight excluding hydrogens is 316 g/mol. The molecule has 25 heavy (non-hydrogen) atoms. The van der Waals surface area contributed by atoms with Gasteiger partial charge in [-0.1, -0.05) is 49.4 Å². The molecule has 0 radical (unpaired) electrons. The first kappa shape index (κ1) is 18.7. The quantitative estimate of drug-likeness (QED) is 0.676. The minimum atomic E-state index is -0.388. The molecular formula is C20H24N2O3. The molecule has 132 valence electrons. The second-order valence-electron chi connectivity index (χ2n) is 6.30. The van der Waals surface area contributed by atoms with E-state index in [1.165, 1.54) is 0 Å². The van der Waals surface area contributed by atoms with E-state index >= 15 is 0 Å². The lowest BCUT2D eigenvalue weighted by Gasteiger charge is -2.15. The van der Waals surface area contributed by atoms with Crippen LogP contribution in [0.2, 0.25) is 0 Å². The van der Waals surface area contributed by atoms with Crippen LogP contribution in [0.15, 0.2) is 54.6 Å². The smallest absolute Gasteiger partial charge is 0.319 e. The molecule has 0 bridgehead atoms. The van der Waals surface area contributed by atoms with Gasteiger partial charge in [-0.15, -0.1) is 0 Å². The Hall–Kier alpha value is -2.66. The molecule has 2 aromatic rings. The third kappa shape index (κ3) is 6.04. The lowest BCUT2D eigenvalue weighted by atomic mass is 10.0. The number of anilines is 1. The Morgan fingerprint density at radius 3 is 2.36 bits per heavy atom. The van der Waals surface area contributed by atoms with Crippen molar-refractivity contribution in [1.82, 2.24) is 5.32 Å². The molecule has 0 saturated carbocycles. The van der Waals surface area contributed by atoms with Crippen molar-refractivity contribution in [2.75, 3.05) is 11.9 Å². The van der Waals surface area contributed by atoms with Crippen LogP contribution in [0.25, 0.3) is 0 Å². The van der Waals surface area contributed by atoms with E-state index in [0.29, 0.717) is 29.8 Å². The molecule has 2 unspecified atom stereocenters. The van der Waals surface area contributed by atoms with E-state index in [-0.39, 0.29) is 23.8 Å². The summed E-state index contributed by atoms with van der Waals surface area (Å²) in [6, 6.07) is 15.5. The Balaban J connectivity index is 1.95. The summed E-state index contributed by atoms with van der Waals surface area (Å²) in [5.74, 6) is 0.0898. The molecule has 5 nitrogen and oxygen atoms in total. The van der Waals surface area contributed by atoms with Crippen molar-refractivity contribution in [1.29, 1.82) is 0 Å². The van der Waals surface area contributed by atoms with Gasteiger partial charge >= 0.3 is 6.03 Å². The van der Waals surface area contributed by atoms with Crippen molar-refractivity contribution < 1.29 is 14.7 Å². The van der Waals surface area contributed by atoms with Gasteiger partial charge < -0.3 is 15.7 Å². The van der Waals surface area contributed by atoms with Gasteiger partial charge in [-0.3, -0.25) is 4.79 Å². The third-order valence-corrected chi connectivity index (χ3v) is 3.77. The number of nitrogens with one attached hydrogen (secondary N) is 2. The summed E-state index contributed by atoms with van der Waals surface area (Å²) in [6.45, 7) is 4.16. The van der Waals surface area contributed by atoms with Crippen LogP contribution in [0, 0.1) is 5.92 Å². The van der Waals surface area contributed by atoms with E-state index in [0.717, 1.165) is 0 Å². The van der Waals surface area contributed by atoms with Gasteiger partial charge in [0.1, 0.15) is 0 Å². The molecule has 2 amide bonds. The molecule has 0 aromatic heterocycles. The van der Waals surface area contributed by atoms with E-state index in [1.54, 1.807) is 43.3 Å². The minimum Gasteiger partial charge on any atom is -0.393 e. The highest BCUT2D eigenvalue weighted by molar-refractivity contribution is 6.09. The molecule has 2 atom stereocenters. The maximum Gasteiger partial charge on any atom is 0.319 e. The topological polar surface area (TPSA) is 78.4 Å². The van der Waals surface area contributed by atoms with Gasteiger partial charge in [-0.25, -0.2) is 4.79 Å². The third-order valence-electron chi connectivity index (χ3n) is 3.77. The van der Waals surface area contributed by atoms with Gasteiger partial charge in [0.25, 0.3) is 0 Å². The van der Waals surface area contributed by atoms with E-state index < -0.39 is 0 Å². The SMILES string of the molecule is CC(O)CC(C)CNC(=O)Nc1cccc(C(=O)c2ccccc2)c1. The Morgan fingerprint density at radius 1 is 1.00 bits per heavy atom. The minimum absolute atomic E-state index is 0.0878. The fourth-order valence-electron chi connectivity index (χ4n) is 2.60. The molecule has 5 heteroatoms. The second-order valence-corrected chi connectivity index (χ2v) is 6.30. The van der Waals surface area contributed by atoms with Gasteiger partial charge in [0.15, 0.2) is 5.78 Å². The number of carbonyl (C=O) groups excluding carboxylic acids is 2. The monoisotopic (exact) mass is 340 g/mol. The Morgan fingerprint density at radius 2 is 1.68 bits per heavy atom. The molecule has 0 spiro atoms. The van der Waals surface area contributed by atoms with Gasteiger partial charge in [-0.05, 0) is 31.4 Å². The summed E-state index contributed by atoms with van der Waals surface area (Å²) in [4.78, 5) is 24.4. The van der Waals surface area contributed by atoms with Gasteiger partial charge in [-0.2, -0.15) is 0 Å². The molecule has 0 fully saturated rings. The number of rotatable bonds is 7. The standard InChI is InChI=1S/C20H24N2O3/c1-14(11-15(2)23)13-21-20(25)22-18-10-6-9-17(12-18)19(24)16-7-4-3-5-8-16/h3-10,12,14-15,23H,11,13H2,1-2H3,(H2,21,22,25). The highest BCUT2D eigenvalue weighted by Gasteiger charge is 2.11. The zero-order valence-corrected chi connectivity index (χ0v) is 14.5. The van der Waals surface area contributed by atoms with Crippen LogP contribution in [0.4, 0.5) is 10.5 Å². The summed E-state index contributed by atoms with van der Waals surface area (Å²) in [5, 5.41) is 14.8. The number of hydrogen-bond donors (Lipinski definition) is 3. The second kappa shape index (κ2) is 8.99.